The fourth-order valence-corrected chi connectivity index (χ4v) is 1.59. The number of halogens is 4. The van der Waals surface area contributed by atoms with Gasteiger partial charge in [-0.3, -0.25) is 9.59 Å². The quantitative estimate of drug-likeness (QED) is 0.659. The van der Waals surface area contributed by atoms with Crippen LogP contribution >= 0.6 is 0 Å². The summed E-state index contributed by atoms with van der Waals surface area (Å²) in [5, 5.41) is 9.14. The van der Waals surface area contributed by atoms with Crippen LogP contribution in [0.15, 0.2) is 0 Å². The van der Waals surface area contributed by atoms with Crippen molar-refractivity contribution in [2.24, 2.45) is 5.73 Å². The minimum atomic E-state index is -4.89. The Bertz CT molecular complexity index is 337. The summed E-state index contributed by atoms with van der Waals surface area (Å²) in [5.41, 5.74) is 4.83. The fraction of sp³-hybridized carbons (Fsp3) is 0.750. The van der Waals surface area contributed by atoms with Crippen molar-refractivity contribution < 1.29 is 32.3 Å². The van der Waals surface area contributed by atoms with Gasteiger partial charge in [-0.15, -0.1) is 0 Å². The third kappa shape index (κ3) is 2.48. The van der Waals surface area contributed by atoms with Crippen LogP contribution in [-0.2, 0) is 9.59 Å². The molecule has 2 atom stereocenters. The molecule has 1 aliphatic rings. The first kappa shape index (κ1) is 13.7. The second-order valence-electron chi connectivity index (χ2n) is 3.69. The molecular formula is C8H10F4N2O3. The number of β-amino-alcohol motifs (C(OH)–C–C–N with tert-alkyl or cyclic N) is 1. The minimum Gasteiger partial charge on any atom is -0.391 e. The van der Waals surface area contributed by atoms with Gasteiger partial charge in [0.25, 0.3) is 5.91 Å². The number of alkyl halides is 4. The molecule has 0 saturated carbocycles. The van der Waals surface area contributed by atoms with Crippen molar-refractivity contribution in [2.45, 2.75) is 30.9 Å². The van der Waals surface area contributed by atoms with E-state index >= 15 is 0 Å². The highest BCUT2D eigenvalue weighted by Gasteiger charge is 2.54. The Morgan fingerprint density at radius 1 is 1.41 bits per heavy atom. The summed E-state index contributed by atoms with van der Waals surface area (Å²) >= 11 is 0. The van der Waals surface area contributed by atoms with Crippen molar-refractivity contribution in [3.63, 3.8) is 0 Å². The van der Waals surface area contributed by atoms with Gasteiger partial charge in [0, 0.05) is 13.0 Å². The van der Waals surface area contributed by atoms with Crippen LogP contribution < -0.4 is 5.73 Å². The van der Waals surface area contributed by atoms with Crippen molar-refractivity contribution in [3.8, 4) is 0 Å². The monoisotopic (exact) mass is 258 g/mol. The molecule has 0 bridgehead atoms. The van der Waals surface area contributed by atoms with Gasteiger partial charge in [-0.05, 0) is 0 Å². The zero-order valence-corrected chi connectivity index (χ0v) is 8.45. The van der Waals surface area contributed by atoms with Gasteiger partial charge < -0.3 is 15.7 Å². The number of likely N-dealkylation sites (tertiary alicyclic amines) is 1. The summed E-state index contributed by atoms with van der Waals surface area (Å²) in [6, 6.07) is -1.48. The number of carbonyl (C=O) groups excluding carboxylic acids is 2. The molecule has 0 aromatic carbocycles. The lowest BCUT2D eigenvalue weighted by molar-refractivity contribution is -0.182. The lowest BCUT2D eigenvalue weighted by Gasteiger charge is -2.26. The third-order valence-corrected chi connectivity index (χ3v) is 2.43. The molecule has 1 saturated heterocycles. The largest absolute Gasteiger partial charge is 0.391 e. The minimum absolute atomic E-state index is 0.194. The molecule has 2 unspecified atom stereocenters. The third-order valence-electron chi connectivity index (χ3n) is 2.43. The SMILES string of the molecule is NC(=O)C1CC(O)CN1C(=O)C(F)(F)C(F)F. The molecule has 1 aliphatic heterocycles. The Labute approximate surface area is 93.2 Å². The normalized spacial score (nSPS) is 25.4. The molecule has 9 heteroatoms. The molecule has 2 amide bonds. The second-order valence-corrected chi connectivity index (χ2v) is 3.69. The standard InChI is InChI=1S/C8H10F4N2O3/c9-6(10)8(11,12)7(17)14-2-3(15)1-4(14)5(13)16/h3-4,6,15H,1-2H2,(H2,13,16). The average molecular weight is 258 g/mol. The lowest BCUT2D eigenvalue weighted by atomic mass is 10.2. The summed E-state index contributed by atoms with van der Waals surface area (Å²) in [5.74, 6) is -8.22. The van der Waals surface area contributed by atoms with Crippen molar-refractivity contribution in [3.05, 3.63) is 0 Å². The molecule has 3 N–H and O–H groups in total. The fourth-order valence-electron chi connectivity index (χ4n) is 1.59. The van der Waals surface area contributed by atoms with Crippen molar-refractivity contribution in [1.29, 1.82) is 0 Å². The molecule has 98 valence electrons. The molecule has 0 aliphatic carbocycles. The van der Waals surface area contributed by atoms with Crippen LogP contribution in [0, 0.1) is 0 Å². The van der Waals surface area contributed by atoms with Crippen molar-refractivity contribution in [2.75, 3.05) is 6.54 Å². The number of aliphatic hydroxyl groups is 1. The van der Waals surface area contributed by atoms with E-state index in [9.17, 15) is 27.2 Å². The van der Waals surface area contributed by atoms with Crippen molar-refractivity contribution in [1.82, 2.24) is 4.90 Å². The summed E-state index contributed by atoms with van der Waals surface area (Å²) < 4.78 is 49.5. The Balaban J connectivity index is 2.92. The Morgan fingerprint density at radius 3 is 2.35 bits per heavy atom. The molecule has 1 heterocycles. The molecule has 0 aromatic heterocycles. The van der Waals surface area contributed by atoms with Crippen LogP contribution in [0.25, 0.3) is 0 Å². The second kappa shape index (κ2) is 4.47. The van der Waals surface area contributed by atoms with Crippen molar-refractivity contribution >= 4 is 11.8 Å². The molecule has 5 nitrogen and oxygen atoms in total. The van der Waals surface area contributed by atoms with Crippen LogP contribution in [0.3, 0.4) is 0 Å². The highest BCUT2D eigenvalue weighted by Crippen LogP contribution is 2.29. The van der Waals surface area contributed by atoms with E-state index < -0.39 is 42.9 Å². The van der Waals surface area contributed by atoms with Crippen LogP contribution in [0.1, 0.15) is 6.42 Å². The Morgan fingerprint density at radius 2 is 1.94 bits per heavy atom. The average Bonchev–Trinajstić information content (AvgIpc) is 2.58. The van der Waals surface area contributed by atoms with Crippen LogP contribution in [0.4, 0.5) is 17.6 Å². The number of primary amides is 1. The van der Waals surface area contributed by atoms with E-state index in [2.05, 4.69) is 0 Å². The molecular weight excluding hydrogens is 248 g/mol. The predicted molar refractivity (Wildman–Crippen MR) is 46.3 cm³/mol. The van der Waals surface area contributed by atoms with Gasteiger partial charge in [-0.2, -0.15) is 8.78 Å². The zero-order chi connectivity index (χ0) is 13.4. The Hall–Kier alpha value is -1.38. The van der Waals surface area contributed by atoms with Gasteiger partial charge in [0.05, 0.1) is 6.10 Å². The first-order chi connectivity index (χ1) is 7.67. The lowest BCUT2D eigenvalue weighted by Crippen LogP contribution is -2.52. The van der Waals surface area contributed by atoms with Crippen LogP contribution in [-0.4, -0.2) is 52.9 Å². The van der Waals surface area contributed by atoms with Gasteiger partial charge in [0.1, 0.15) is 6.04 Å². The van der Waals surface area contributed by atoms with E-state index in [-0.39, 0.29) is 11.3 Å². The summed E-state index contributed by atoms with van der Waals surface area (Å²) in [6.07, 6.45) is -5.74. The van der Waals surface area contributed by atoms with Gasteiger partial charge in [0.2, 0.25) is 5.91 Å². The molecule has 1 rings (SSSR count). The number of aliphatic hydroxyl groups excluding tert-OH is 1. The van der Waals surface area contributed by atoms with E-state index in [1.165, 1.54) is 0 Å². The van der Waals surface area contributed by atoms with E-state index in [1.54, 1.807) is 0 Å². The summed E-state index contributed by atoms with van der Waals surface area (Å²) in [4.78, 5) is 22.2. The van der Waals surface area contributed by atoms with Gasteiger partial charge in [0.15, 0.2) is 0 Å². The van der Waals surface area contributed by atoms with Gasteiger partial charge in [-0.1, -0.05) is 0 Å². The smallest absolute Gasteiger partial charge is 0.383 e. The number of carbonyl (C=O) groups is 2. The summed E-state index contributed by atoms with van der Waals surface area (Å²) in [6.45, 7) is -0.616. The van der Waals surface area contributed by atoms with E-state index in [1.807, 2.05) is 0 Å². The number of hydrogen-bond donors (Lipinski definition) is 2. The molecule has 0 aromatic rings. The maximum Gasteiger partial charge on any atom is 0.383 e. The topological polar surface area (TPSA) is 83.6 Å². The van der Waals surface area contributed by atoms with Gasteiger partial charge in [-0.25, -0.2) is 8.78 Å². The first-order valence-electron chi connectivity index (χ1n) is 4.62. The van der Waals surface area contributed by atoms with E-state index in [0.717, 1.165) is 0 Å². The van der Waals surface area contributed by atoms with Gasteiger partial charge >= 0.3 is 12.3 Å². The number of nitrogens with zero attached hydrogens (tertiary/aromatic N) is 1. The number of amides is 2. The highest BCUT2D eigenvalue weighted by atomic mass is 19.3. The van der Waals surface area contributed by atoms with Crippen LogP contribution in [0.2, 0.25) is 0 Å². The van der Waals surface area contributed by atoms with E-state index in [4.69, 9.17) is 10.8 Å². The molecule has 0 spiro atoms. The predicted octanol–water partition coefficient (Wildman–Crippen LogP) is -0.666. The Kier molecular flexibility index (Phi) is 3.60. The first-order valence-corrected chi connectivity index (χ1v) is 4.62. The zero-order valence-electron chi connectivity index (χ0n) is 8.45. The summed E-state index contributed by atoms with van der Waals surface area (Å²) in [7, 11) is 0. The molecule has 17 heavy (non-hydrogen) atoms. The number of hydrogen-bond acceptors (Lipinski definition) is 3. The van der Waals surface area contributed by atoms with Crippen LogP contribution in [0.5, 0.6) is 0 Å². The molecule has 1 fully saturated rings. The molecule has 0 radical (unpaired) electrons. The maximum absolute atomic E-state index is 12.8. The van der Waals surface area contributed by atoms with E-state index in [0.29, 0.717) is 0 Å². The number of nitrogens with two attached hydrogens (primary N) is 1. The highest BCUT2D eigenvalue weighted by molar-refractivity contribution is 5.90. The maximum atomic E-state index is 12.8. The number of rotatable bonds is 3.